The fourth-order valence-corrected chi connectivity index (χ4v) is 2.18. The summed E-state index contributed by atoms with van der Waals surface area (Å²) in [6.45, 7) is 6.09. The van der Waals surface area contributed by atoms with Crippen molar-refractivity contribution in [2.24, 2.45) is 5.73 Å². The van der Waals surface area contributed by atoms with Crippen LogP contribution < -0.4 is 15.8 Å². The Balaban J connectivity index is 3.17. The number of benzene rings is 1. The molecule has 0 heterocycles. The summed E-state index contributed by atoms with van der Waals surface area (Å²) >= 11 is 0. The maximum absolute atomic E-state index is 12.0. The molecule has 3 N–H and O–H groups in total. The van der Waals surface area contributed by atoms with Gasteiger partial charge in [-0.1, -0.05) is 26.0 Å². The van der Waals surface area contributed by atoms with Gasteiger partial charge < -0.3 is 10.5 Å². The van der Waals surface area contributed by atoms with Crippen LogP contribution >= 0.6 is 0 Å². The van der Waals surface area contributed by atoms with Crippen LogP contribution in [-0.2, 0) is 10.3 Å². The van der Waals surface area contributed by atoms with Crippen molar-refractivity contribution in [2.75, 3.05) is 7.11 Å². The van der Waals surface area contributed by atoms with Crippen LogP contribution in [0.4, 0.5) is 0 Å². The van der Waals surface area contributed by atoms with Gasteiger partial charge in [0, 0.05) is 6.04 Å². The maximum atomic E-state index is 12.0. The number of primary amides is 1. The highest BCUT2D eigenvalue weighted by atomic mass is 16.5. The molecular formula is C15H24N2O2. The summed E-state index contributed by atoms with van der Waals surface area (Å²) < 4.78 is 5.14. The smallest absolute Gasteiger partial charge is 0.242 e. The standard InChI is InChI=1S/C15H24N2O2/c1-5-11(3)17-15(6-2,14(16)18)12-7-9-13(19-4)10-8-12/h7-11,17H,5-6H2,1-4H3,(H2,16,18). The van der Waals surface area contributed by atoms with E-state index in [2.05, 4.69) is 19.2 Å². The van der Waals surface area contributed by atoms with Gasteiger partial charge >= 0.3 is 0 Å². The van der Waals surface area contributed by atoms with Crippen molar-refractivity contribution in [3.05, 3.63) is 29.8 Å². The van der Waals surface area contributed by atoms with Gasteiger partial charge in [0.05, 0.1) is 7.11 Å². The number of rotatable bonds is 7. The molecule has 0 aliphatic rings. The minimum atomic E-state index is -0.818. The van der Waals surface area contributed by atoms with Gasteiger partial charge in [0.1, 0.15) is 11.3 Å². The zero-order valence-electron chi connectivity index (χ0n) is 12.2. The molecule has 0 fully saturated rings. The molecular weight excluding hydrogens is 240 g/mol. The van der Waals surface area contributed by atoms with Gasteiger partial charge in [0.25, 0.3) is 0 Å². The summed E-state index contributed by atoms with van der Waals surface area (Å²) in [5.41, 5.74) is 5.72. The van der Waals surface area contributed by atoms with E-state index in [-0.39, 0.29) is 11.9 Å². The highest BCUT2D eigenvalue weighted by Crippen LogP contribution is 2.27. The van der Waals surface area contributed by atoms with E-state index in [4.69, 9.17) is 10.5 Å². The second-order valence-electron chi connectivity index (χ2n) is 4.81. The molecule has 0 bridgehead atoms. The van der Waals surface area contributed by atoms with Crippen LogP contribution in [0.3, 0.4) is 0 Å². The lowest BCUT2D eigenvalue weighted by Crippen LogP contribution is -2.55. The average molecular weight is 264 g/mol. The zero-order chi connectivity index (χ0) is 14.5. The van der Waals surface area contributed by atoms with Crippen LogP contribution in [0.5, 0.6) is 5.75 Å². The number of nitrogens with two attached hydrogens (primary N) is 1. The fourth-order valence-electron chi connectivity index (χ4n) is 2.18. The zero-order valence-corrected chi connectivity index (χ0v) is 12.2. The van der Waals surface area contributed by atoms with E-state index >= 15 is 0 Å². The van der Waals surface area contributed by atoms with Gasteiger partial charge in [0.15, 0.2) is 0 Å². The van der Waals surface area contributed by atoms with Crippen molar-refractivity contribution in [1.82, 2.24) is 5.32 Å². The van der Waals surface area contributed by atoms with Crippen molar-refractivity contribution < 1.29 is 9.53 Å². The predicted octanol–water partition coefficient (Wildman–Crippen LogP) is 2.17. The van der Waals surface area contributed by atoms with Gasteiger partial charge in [-0.15, -0.1) is 0 Å². The van der Waals surface area contributed by atoms with Crippen molar-refractivity contribution in [3.8, 4) is 5.75 Å². The summed E-state index contributed by atoms with van der Waals surface area (Å²) in [7, 11) is 1.62. The van der Waals surface area contributed by atoms with E-state index in [0.717, 1.165) is 17.7 Å². The summed E-state index contributed by atoms with van der Waals surface area (Å²) in [6.07, 6.45) is 1.55. The maximum Gasteiger partial charge on any atom is 0.242 e. The van der Waals surface area contributed by atoms with Gasteiger partial charge in [-0.2, -0.15) is 0 Å². The molecule has 0 saturated carbocycles. The Hall–Kier alpha value is -1.55. The van der Waals surface area contributed by atoms with Crippen molar-refractivity contribution in [2.45, 2.75) is 45.2 Å². The van der Waals surface area contributed by atoms with E-state index in [1.54, 1.807) is 7.11 Å². The van der Waals surface area contributed by atoms with E-state index in [1.807, 2.05) is 31.2 Å². The van der Waals surface area contributed by atoms with Crippen LogP contribution in [0, 0.1) is 0 Å². The average Bonchev–Trinajstić information content (AvgIpc) is 2.44. The highest BCUT2D eigenvalue weighted by molar-refractivity contribution is 5.86. The van der Waals surface area contributed by atoms with Crippen LogP contribution in [-0.4, -0.2) is 19.1 Å². The molecule has 1 rings (SSSR count). The lowest BCUT2D eigenvalue weighted by Gasteiger charge is -2.34. The molecule has 1 aromatic carbocycles. The first-order chi connectivity index (χ1) is 9.00. The largest absolute Gasteiger partial charge is 0.497 e. The van der Waals surface area contributed by atoms with Crippen molar-refractivity contribution in [3.63, 3.8) is 0 Å². The molecule has 0 saturated heterocycles. The molecule has 2 unspecified atom stereocenters. The van der Waals surface area contributed by atoms with Crippen LogP contribution in [0.15, 0.2) is 24.3 Å². The molecule has 0 aromatic heterocycles. The summed E-state index contributed by atoms with van der Waals surface area (Å²) in [5.74, 6) is 0.419. The molecule has 19 heavy (non-hydrogen) atoms. The van der Waals surface area contributed by atoms with Gasteiger partial charge in [-0.25, -0.2) is 0 Å². The fraction of sp³-hybridized carbons (Fsp3) is 0.533. The minimum absolute atomic E-state index is 0.217. The van der Waals surface area contributed by atoms with E-state index < -0.39 is 5.54 Å². The summed E-state index contributed by atoms with van der Waals surface area (Å²) in [6, 6.07) is 7.70. The number of methoxy groups -OCH3 is 1. The van der Waals surface area contributed by atoms with Crippen molar-refractivity contribution >= 4 is 5.91 Å². The number of amides is 1. The Morgan fingerprint density at radius 1 is 1.37 bits per heavy atom. The van der Waals surface area contributed by atoms with Crippen LogP contribution in [0.1, 0.15) is 39.2 Å². The number of hydrogen-bond donors (Lipinski definition) is 2. The predicted molar refractivity (Wildman–Crippen MR) is 77.0 cm³/mol. The summed E-state index contributed by atoms with van der Waals surface area (Å²) in [4.78, 5) is 12.0. The topological polar surface area (TPSA) is 64.3 Å². The molecule has 0 spiro atoms. The highest BCUT2D eigenvalue weighted by Gasteiger charge is 2.37. The molecule has 0 radical (unpaired) electrons. The Morgan fingerprint density at radius 2 is 1.95 bits per heavy atom. The molecule has 4 heteroatoms. The molecule has 2 atom stereocenters. The first kappa shape index (κ1) is 15.5. The first-order valence-corrected chi connectivity index (χ1v) is 6.72. The quantitative estimate of drug-likeness (QED) is 0.793. The third-order valence-electron chi connectivity index (χ3n) is 3.64. The monoisotopic (exact) mass is 264 g/mol. The second kappa shape index (κ2) is 6.57. The lowest BCUT2D eigenvalue weighted by molar-refractivity contribution is -0.125. The van der Waals surface area contributed by atoms with Crippen molar-refractivity contribution in [1.29, 1.82) is 0 Å². The third kappa shape index (κ3) is 3.26. The first-order valence-electron chi connectivity index (χ1n) is 6.72. The minimum Gasteiger partial charge on any atom is -0.497 e. The molecule has 0 aliphatic carbocycles. The Bertz CT molecular complexity index is 417. The normalized spacial score (nSPS) is 15.6. The number of carbonyl (C=O) groups excluding carboxylic acids is 1. The SMILES string of the molecule is CCC(C)NC(CC)(C(N)=O)c1ccc(OC)cc1. The van der Waals surface area contributed by atoms with Gasteiger partial charge in [-0.05, 0) is 37.5 Å². The number of nitrogens with one attached hydrogen (secondary N) is 1. The number of hydrogen-bond acceptors (Lipinski definition) is 3. The molecule has 0 aliphatic heterocycles. The molecule has 106 valence electrons. The number of ether oxygens (including phenoxy) is 1. The number of carbonyl (C=O) groups is 1. The Morgan fingerprint density at radius 3 is 2.32 bits per heavy atom. The van der Waals surface area contributed by atoms with E-state index in [0.29, 0.717) is 6.42 Å². The lowest BCUT2D eigenvalue weighted by atomic mass is 9.85. The Labute approximate surface area is 115 Å². The third-order valence-corrected chi connectivity index (χ3v) is 3.64. The Kier molecular flexibility index (Phi) is 5.36. The van der Waals surface area contributed by atoms with Crippen LogP contribution in [0.25, 0.3) is 0 Å². The molecule has 1 aromatic rings. The van der Waals surface area contributed by atoms with E-state index in [9.17, 15) is 4.79 Å². The van der Waals surface area contributed by atoms with E-state index in [1.165, 1.54) is 0 Å². The second-order valence-corrected chi connectivity index (χ2v) is 4.81. The van der Waals surface area contributed by atoms with Gasteiger partial charge in [-0.3, -0.25) is 10.1 Å². The summed E-state index contributed by atoms with van der Waals surface area (Å²) in [5, 5.41) is 3.37. The van der Waals surface area contributed by atoms with Crippen LogP contribution in [0.2, 0.25) is 0 Å². The molecule has 1 amide bonds. The van der Waals surface area contributed by atoms with Gasteiger partial charge in [0.2, 0.25) is 5.91 Å². The molecule has 4 nitrogen and oxygen atoms in total.